The van der Waals surface area contributed by atoms with E-state index < -0.39 is 4.92 Å². The zero-order valence-corrected chi connectivity index (χ0v) is 13.5. The summed E-state index contributed by atoms with van der Waals surface area (Å²) >= 11 is 0. The Morgan fingerprint density at radius 2 is 1.96 bits per heavy atom. The Morgan fingerprint density at radius 1 is 1.16 bits per heavy atom. The molecular formula is C18H18N2O5. The van der Waals surface area contributed by atoms with E-state index in [1.165, 1.54) is 6.07 Å². The number of nitro benzene ring substituents is 1. The van der Waals surface area contributed by atoms with Crippen molar-refractivity contribution in [2.45, 2.75) is 6.10 Å². The molecule has 0 amide bonds. The van der Waals surface area contributed by atoms with Crippen molar-refractivity contribution in [3.63, 3.8) is 0 Å². The van der Waals surface area contributed by atoms with Gasteiger partial charge in [0, 0.05) is 23.7 Å². The molecule has 1 saturated heterocycles. The zero-order valence-electron chi connectivity index (χ0n) is 13.5. The first-order valence-electron chi connectivity index (χ1n) is 7.96. The van der Waals surface area contributed by atoms with Gasteiger partial charge in [0.1, 0.15) is 5.69 Å². The Balaban J connectivity index is 1.78. The lowest BCUT2D eigenvalue weighted by Gasteiger charge is -2.23. The molecule has 25 heavy (non-hydrogen) atoms. The maximum atomic E-state index is 12.5. The number of benzene rings is 2. The van der Waals surface area contributed by atoms with Crippen molar-refractivity contribution in [2.75, 3.05) is 31.7 Å². The van der Waals surface area contributed by atoms with Crippen molar-refractivity contribution >= 4 is 17.2 Å². The van der Waals surface area contributed by atoms with E-state index in [2.05, 4.69) is 5.32 Å². The molecule has 3 rings (SSSR count). The molecule has 0 aromatic heterocycles. The third-order valence-corrected chi connectivity index (χ3v) is 3.90. The average molecular weight is 342 g/mol. The molecule has 0 bridgehead atoms. The van der Waals surface area contributed by atoms with Gasteiger partial charge in [0.05, 0.1) is 30.8 Å². The number of ether oxygens (including phenoxy) is 2. The molecule has 1 fully saturated rings. The highest BCUT2D eigenvalue weighted by Crippen LogP contribution is 2.27. The average Bonchev–Trinajstić information content (AvgIpc) is 2.67. The molecule has 7 heteroatoms. The molecular weight excluding hydrogens is 324 g/mol. The van der Waals surface area contributed by atoms with Crippen LogP contribution in [0.5, 0.6) is 0 Å². The lowest BCUT2D eigenvalue weighted by atomic mass is 10.0. The Kier molecular flexibility index (Phi) is 5.37. The van der Waals surface area contributed by atoms with E-state index in [-0.39, 0.29) is 23.1 Å². The molecule has 1 heterocycles. The van der Waals surface area contributed by atoms with Crippen LogP contribution in [0.3, 0.4) is 0 Å². The maximum Gasteiger partial charge on any atom is 0.293 e. The van der Waals surface area contributed by atoms with Gasteiger partial charge < -0.3 is 14.8 Å². The first-order valence-corrected chi connectivity index (χ1v) is 7.96. The summed E-state index contributed by atoms with van der Waals surface area (Å²) in [4.78, 5) is 23.3. The predicted octanol–water partition coefficient (Wildman–Crippen LogP) is 2.65. The van der Waals surface area contributed by atoms with E-state index in [9.17, 15) is 14.9 Å². The largest absolute Gasteiger partial charge is 0.377 e. The van der Waals surface area contributed by atoms with Crippen LogP contribution in [0.2, 0.25) is 0 Å². The summed E-state index contributed by atoms with van der Waals surface area (Å²) in [5, 5.41) is 14.4. The van der Waals surface area contributed by atoms with Crippen molar-refractivity contribution in [1.82, 2.24) is 0 Å². The fourth-order valence-electron chi connectivity index (χ4n) is 2.61. The van der Waals surface area contributed by atoms with E-state index >= 15 is 0 Å². The Morgan fingerprint density at radius 3 is 2.64 bits per heavy atom. The highest BCUT2D eigenvalue weighted by atomic mass is 16.6. The minimum atomic E-state index is -0.498. The number of ketones is 1. The first kappa shape index (κ1) is 17.1. The van der Waals surface area contributed by atoms with Crippen LogP contribution in [-0.2, 0) is 9.47 Å². The van der Waals surface area contributed by atoms with Gasteiger partial charge in [0.25, 0.3) is 5.69 Å². The quantitative estimate of drug-likeness (QED) is 0.493. The van der Waals surface area contributed by atoms with Crippen LogP contribution in [0.25, 0.3) is 0 Å². The van der Waals surface area contributed by atoms with Gasteiger partial charge in [-0.05, 0) is 12.1 Å². The number of anilines is 1. The Bertz CT molecular complexity index is 757. The van der Waals surface area contributed by atoms with Gasteiger partial charge in [-0.25, -0.2) is 0 Å². The summed E-state index contributed by atoms with van der Waals surface area (Å²) in [6.45, 7) is 1.92. The van der Waals surface area contributed by atoms with Gasteiger partial charge in [-0.1, -0.05) is 30.3 Å². The fraction of sp³-hybridized carbons (Fsp3) is 0.278. The van der Waals surface area contributed by atoms with E-state index in [0.29, 0.717) is 37.6 Å². The molecule has 0 saturated carbocycles. The molecule has 1 aliphatic heterocycles. The number of rotatable bonds is 6. The maximum absolute atomic E-state index is 12.5. The summed E-state index contributed by atoms with van der Waals surface area (Å²) in [6, 6.07) is 13.1. The van der Waals surface area contributed by atoms with E-state index in [4.69, 9.17) is 9.47 Å². The molecule has 0 radical (unpaired) electrons. The van der Waals surface area contributed by atoms with E-state index in [1.54, 1.807) is 36.4 Å². The summed E-state index contributed by atoms with van der Waals surface area (Å²) in [6.07, 6.45) is -0.154. The Labute approximate surface area is 144 Å². The van der Waals surface area contributed by atoms with Gasteiger partial charge in [-0.3, -0.25) is 14.9 Å². The minimum Gasteiger partial charge on any atom is -0.377 e. The van der Waals surface area contributed by atoms with Crippen LogP contribution in [-0.4, -0.2) is 43.2 Å². The number of nitro groups is 1. The zero-order chi connectivity index (χ0) is 17.6. The fourth-order valence-corrected chi connectivity index (χ4v) is 2.61. The van der Waals surface area contributed by atoms with E-state index in [0.717, 1.165) is 0 Å². The van der Waals surface area contributed by atoms with Crippen molar-refractivity contribution < 1.29 is 19.2 Å². The number of nitrogens with zero attached hydrogens (tertiary/aromatic N) is 1. The standard InChI is InChI=1S/C18H18N2O5/c21-18(13-4-2-1-3-5-13)14-6-7-16(17(10-14)20(22)23)19-11-15-12-24-8-9-25-15/h1-7,10,15,19H,8-9,11-12H2. The summed E-state index contributed by atoms with van der Waals surface area (Å²) in [5.74, 6) is -0.251. The van der Waals surface area contributed by atoms with Gasteiger partial charge >= 0.3 is 0 Å². The molecule has 1 aliphatic rings. The molecule has 7 nitrogen and oxygen atoms in total. The normalized spacial score (nSPS) is 17.0. The van der Waals surface area contributed by atoms with Crippen LogP contribution in [0.1, 0.15) is 15.9 Å². The van der Waals surface area contributed by atoms with Crippen molar-refractivity contribution in [3.05, 3.63) is 69.8 Å². The number of carbonyl (C=O) groups excluding carboxylic acids is 1. The van der Waals surface area contributed by atoms with Crippen molar-refractivity contribution in [2.24, 2.45) is 0 Å². The van der Waals surface area contributed by atoms with Gasteiger partial charge in [-0.2, -0.15) is 0 Å². The highest BCUT2D eigenvalue weighted by Gasteiger charge is 2.20. The lowest BCUT2D eigenvalue weighted by molar-refractivity contribution is -0.384. The van der Waals surface area contributed by atoms with Crippen molar-refractivity contribution in [1.29, 1.82) is 0 Å². The molecule has 130 valence electrons. The van der Waals surface area contributed by atoms with Gasteiger partial charge in [0.2, 0.25) is 0 Å². The summed E-state index contributed by atoms with van der Waals surface area (Å²) < 4.78 is 10.8. The summed E-state index contributed by atoms with van der Waals surface area (Å²) in [5.41, 5.74) is 0.980. The smallest absolute Gasteiger partial charge is 0.293 e. The third kappa shape index (κ3) is 4.20. The second-order valence-corrected chi connectivity index (χ2v) is 5.63. The second-order valence-electron chi connectivity index (χ2n) is 5.63. The van der Waals surface area contributed by atoms with Crippen molar-refractivity contribution in [3.8, 4) is 0 Å². The topological polar surface area (TPSA) is 90.7 Å². The van der Waals surface area contributed by atoms with Crippen LogP contribution in [0, 0.1) is 10.1 Å². The highest BCUT2D eigenvalue weighted by molar-refractivity contribution is 6.09. The number of hydrogen-bond acceptors (Lipinski definition) is 6. The molecule has 2 aromatic rings. The number of nitrogens with one attached hydrogen (secondary N) is 1. The van der Waals surface area contributed by atoms with Gasteiger partial charge in [-0.15, -0.1) is 0 Å². The molecule has 0 spiro atoms. The minimum absolute atomic E-state index is 0.140. The summed E-state index contributed by atoms with van der Waals surface area (Å²) in [7, 11) is 0. The van der Waals surface area contributed by atoms with Gasteiger partial charge in [0.15, 0.2) is 5.78 Å². The van der Waals surface area contributed by atoms with Crippen LogP contribution in [0.15, 0.2) is 48.5 Å². The van der Waals surface area contributed by atoms with Crippen LogP contribution >= 0.6 is 0 Å². The molecule has 2 aromatic carbocycles. The monoisotopic (exact) mass is 342 g/mol. The van der Waals surface area contributed by atoms with Crippen LogP contribution < -0.4 is 5.32 Å². The molecule has 1 unspecified atom stereocenters. The SMILES string of the molecule is O=C(c1ccccc1)c1ccc(NCC2COCCO2)c([N+](=O)[O-])c1. The molecule has 1 atom stereocenters. The first-order chi connectivity index (χ1) is 12.1. The van der Waals surface area contributed by atoms with Crippen LogP contribution in [0.4, 0.5) is 11.4 Å². The third-order valence-electron chi connectivity index (χ3n) is 3.90. The van der Waals surface area contributed by atoms with E-state index in [1.807, 2.05) is 6.07 Å². The predicted molar refractivity (Wildman–Crippen MR) is 92.0 cm³/mol. The number of carbonyl (C=O) groups is 1. The second kappa shape index (κ2) is 7.87. The Hall–Kier alpha value is -2.77. The molecule has 1 N–H and O–H groups in total. The molecule has 0 aliphatic carbocycles. The number of hydrogen-bond donors (Lipinski definition) is 1. The lowest BCUT2D eigenvalue weighted by Crippen LogP contribution is -2.34.